The van der Waals surface area contributed by atoms with Crippen LogP contribution in [0.3, 0.4) is 0 Å². The molecule has 1 saturated heterocycles. The van der Waals surface area contributed by atoms with Crippen LogP contribution in [0.2, 0.25) is 0 Å². The molecule has 0 saturated carbocycles. The molecule has 1 aromatic heterocycles. The number of thiazole rings is 1. The molecule has 0 atom stereocenters. The summed E-state index contributed by atoms with van der Waals surface area (Å²) in [7, 11) is -3.58. The molecule has 4 aromatic rings. The Balaban J connectivity index is 1.47. The third-order valence-electron chi connectivity index (χ3n) is 6.84. The Morgan fingerprint density at radius 1 is 0.919 bits per heavy atom. The first-order valence-electron chi connectivity index (χ1n) is 12.8. The van der Waals surface area contributed by atoms with E-state index >= 15 is 0 Å². The number of amides is 1. The maximum Gasteiger partial charge on any atom is 0.260 e. The van der Waals surface area contributed by atoms with Crippen LogP contribution in [-0.4, -0.2) is 36.7 Å². The average molecular weight is 534 g/mol. The number of nitrogens with zero attached hydrogens (tertiary/aromatic N) is 3. The highest BCUT2D eigenvalue weighted by atomic mass is 32.2. The lowest BCUT2D eigenvalue weighted by atomic mass is 10.1. The van der Waals surface area contributed by atoms with E-state index in [-0.39, 0.29) is 10.8 Å². The normalized spacial score (nSPS) is 14.9. The van der Waals surface area contributed by atoms with E-state index in [1.807, 2.05) is 42.5 Å². The van der Waals surface area contributed by atoms with Gasteiger partial charge in [-0.3, -0.25) is 9.69 Å². The molecule has 1 fully saturated rings. The first-order chi connectivity index (χ1) is 18.0. The number of aryl methyl sites for hydroxylation is 1. The minimum absolute atomic E-state index is 0.209. The maximum absolute atomic E-state index is 13.8. The van der Waals surface area contributed by atoms with Gasteiger partial charge in [0, 0.05) is 18.7 Å². The van der Waals surface area contributed by atoms with E-state index in [2.05, 4.69) is 13.0 Å². The third kappa shape index (κ3) is 5.46. The van der Waals surface area contributed by atoms with Crippen molar-refractivity contribution in [1.29, 1.82) is 0 Å². The van der Waals surface area contributed by atoms with Crippen LogP contribution in [0.5, 0.6) is 0 Å². The van der Waals surface area contributed by atoms with Crippen LogP contribution in [0.25, 0.3) is 10.2 Å². The van der Waals surface area contributed by atoms with Gasteiger partial charge in [0.15, 0.2) is 5.13 Å². The number of anilines is 1. The van der Waals surface area contributed by atoms with Crippen LogP contribution < -0.4 is 4.90 Å². The molecular formula is C29H31N3O3S2. The molecule has 0 spiro atoms. The van der Waals surface area contributed by atoms with E-state index in [1.54, 1.807) is 33.5 Å². The van der Waals surface area contributed by atoms with Gasteiger partial charge < -0.3 is 0 Å². The summed E-state index contributed by atoms with van der Waals surface area (Å²) in [4.78, 5) is 20.6. The summed E-state index contributed by atoms with van der Waals surface area (Å²) in [5.41, 5.74) is 3.50. The smallest absolute Gasteiger partial charge is 0.260 e. The molecule has 3 aromatic carbocycles. The predicted molar refractivity (Wildman–Crippen MR) is 150 cm³/mol. The fourth-order valence-electron chi connectivity index (χ4n) is 4.74. The van der Waals surface area contributed by atoms with Crippen molar-refractivity contribution in [3.8, 4) is 0 Å². The van der Waals surface area contributed by atoms with Gasteiger partial charge in [-0.2, -0.15) is 4.31 Å². The minimum atomic E-state index is -3.58. The number of fused-ring (bicyclic) bond motifs is 1. The number of hydrogen-bond acceptors (Lipinski definition) is 5. The number of rotatable bonds is 7. The second-order valence-electron chi connectivity index (χ2n) is 9.33. The van der Waals surface area contributed by atoms with Gasteiger partial charge in [0.2, 0.25) is 10.0 Å². The monoisotopic (exact) mass is 533 g/mol. The Hall–Kier alpha value is -3.07. The summed E-state index contributed by atoms with van der Waals surface area (Å²) in [6.45, 7) is 3.56. The largest absolute Gasteiger partial charge is 0.279 e. The highest BCUT2D eigenvalue weighted by Crippen LogP contribution is 2.33. The predicted octanol–water partition coefficient (Wildman–Crippen LogP) is 6.27. The van der Waals surface area contributed by atoms with Gasteiger partial charge in [0.1, 0.15) is 0 Å². The minimum Gasteiger partial charge on any atom is -0.279 e. The van der Waals surface area contributed by atoms with Gasteiger partial charge in [-0.25, -0.2) is 13.4 Å². The topological polar surface area (TPSA) is 70.6 Å². The number of aromatic nitrogens is 1. The zero-order valence-electron chi connectivity index (χ0n) is 21.0. The third-order valence-corrected chi connectivity index (χ3v) is 9.79. The van der Waals surface area contributed by atoms with E-state index in [4.69, 9.17) is 4.98 Å². The van der Waals surface area contributed by atoms with E-state index < -0.39 is 10.0 Å². The standard InChI is InChI=1S/C29H31N3O3S2/c1-2-23-13-10-14-26-27(23)30-29(36-26)32(21-22-11-6-5-7-12-22)28(33)24-15-17-25(18-16-24)37(34,35)31-19-8-3-4-9-20-31/h5-7,10-18H,2-4,8-9,19-21H2,1H3. The number of para-hydroxylation sites is 1. The molecule has 8 heteroatoms. The second kappa shape index (κ2) is 11.1. The van der Waals surface area contributed by atoms with Crippen molar-refractivity contribution in [2.24, 2.45) is 0 Å². The SMILES string of the molecule is CCc1cccc2sc(N(Cc3ccccc3)C(=O)c3ccc(S(=O)(=O)N4CCCCCC4)cc3)nc12. The molecular weight excluding hydrogens is 502 g/mol. The zero-order valence-corrected chi connectivity index (χ0v) is 22.6. The van der Waals surface area contributed by atoms with Gasteiger partial charge in [0.25, 0.3) is 5.91 Å². The first kappa shape index (κ1) is 25.6. The van der Waals surface area contributed by atoms with Gasteiger partial charge in [-0.05, 0) is 60.7 Å². The summed E-state index contributed by atoms with van der Waals surface area (Å²) in [6.07, 6.45) is 4.74. The molecule has 0 aliphatic carbocycles. The van der Waals surface area contributed by atoms with E-state index in [9.17, 15) is 13.2 Å². The fourth-order valence-corrected chi connectivity index (χ4v) is 7.27. The Labute approximate surface area is 222 Å². The number of sulfonamides is 1. The number of hydrogen-bond donors (Lipinski definition) is 0. The lowest BCUT2D eigenvalue weighted by Crippen LogP contribution is -2.32. The van der Waals surface area contributed by atoms with E-state index in [0.29, 0.717) is 30.3 Å². The molecule has 5 rings (SSSR count). The molecule has 0 N–H and O–H groups in total. The molecule has 2 heterocycles. The summed E-state index contributed by atoms with van der Waals surface area (Å²) < 4.78 is 29.0. The summed E-state index contributed by atoms with van der Waals surface area (Å²) in [5, 5.41) is 0.631. The maximum atomic E-state index is 13.8. The molecule has 192 valence electrons. The van der Waals surface area contributed by atoms with Crippen molar-refractivity contribution < 1.29 is 13.2 Å². The van der Waals surface area contributed by atoms with Gasteiger partial charge in [-0.15, -0.1) is 0 Å². The van der Waals surface area contributed by atoms with Crippen LogP contribution in [0.15, 0.2) is 77.7 Å². The van der Waals surface area contributed by atoms with Crippen LogP contribution >= 0.6 is 11.3 Å². The van der Waals surface area contributed by atoms with E-state index in [1.165, 1.54) is 11.3 Å². The summed E-state index contributed by atoms with van der Waals surface area (Å²) in [5.74, 6) is -0.209. The second-order valence-corrected chi connectivity index (χ2v) is 12.3. The zero-order chi connectivity index (χ0) is 25.8. The molecule has 1 aliphatic rings. The lowest BCUT2D eigenvalue weighted by molar-refractivity contribution is 0.0985. The average Bonchev–Trinajstić information content (AvgIpc) is 3.16. The lowest BCUT2D eigenvalue weighted by Gasteiger charge is -2.21. The molecule has 0 bridgehead atoms. The van der Waals surface area contributed by atoms with Crippen LogP contribution in [-0.2, 0) is 23.0 Å². The molecule has 37 heavy (non-hydrogen) atoms. The van der Waals surface area contributed by atoms with Gasteiger partial charge in [0.05, 0.1) is 21.7 Å². The van der Waals surface area contributed by atoms with Gasteiger partial charge in [-0.1, -0.05) is 73.6 Å². The number of carbonyl (C=O) groups is 1. The van der Waals surface area contributed by atoms with Crippen LogP contribution in [0.4, 0.5) is 5.13 Å². The Kier molecular flexibility index (Phi) is 7.69. The Bertz CT molecular complexity index is 1470. The quantitative estimate of drug-likeness (QED) is 0.281. The fraction of sp³-hybridized carbons (Fsp3) is 0.310. The van der Waals surface area contributed by atoms with Crippen molar-refractivity contribution >= 4 is 42.6 Å². The Morgan fingerprint density at radius 2 is 1.62 bits per heavy atom. The molecule has 0 unspecified atom stereocenters. The van der Waals surface area contributed by atoms with Crippen molar-refractivity contribution in [2.75, 3.05) is 18.0 Å². The van der Waals surface area contributed by atoms with Crippen LogP contribution in [0, 0.1) is 0 Å². The molecule has 1 aliphatic heterocycles. The number of benzene rings is 3. The first-order valence-corrected chi connectivity index (χ1v) is 15.1. The molecule has 6 nitrogen and oxygen atoms in total. The number of carbonyl (C=O) groups excluding carboxylic acids is 1. The van der Waals surface area contributed by atoms with Crippen molar-refractivity contribution in [2.45, 2.75) is 50.5 Å². The van der Waals surface area contributed by atoms with Crippen molar-refractivity contribution in [3.63, 3.8) is 0 Å². The highest BCUT2D eigenvalue weighted by Gasteiger charge is 2.27. The van der Waals surface area contributed by atoms with E-state index in [0.717, 1.165) is 53.4 Å². The van der Waals surface area contributed by atoms with Crippen molar-refractivity contribution in [1.82, 2.24) is 9.29 Å². The summed E-state index contributed by atoms with van der Waals surface area (Å²) >= 11 is 1.50. The highest BCUT2D eigenvalue weighted by molar-refractivity contribution is 7.89. The van der Waals surface area contributed by atoms with Gasteiger partial charge >= 0.3 is 0 Å². The molecule has 1 amide bonds. The molecule has 0 radical (unpaired) electrons. The van der Waals surface area contributed by atoms with Crippen LogP contribution in [0.1, 0.15) is 54.1 Å². The van der Waals surface area contributed by atoms with Crippen molar-refractivity contribution in [3.05, 3.63) is 89.5 Å². The Morgan fingerprint density at radius 3 is 2.30 bits per heavy atom. The summed E-state index contributed by atoms with van der Waals surface area (Å²) in [6, 6.07) is 22.3.